The lowest BCUT2D eigenvalue weighted by Crippen LogP contribution is -2.48. The molecule has 1 saturated heterocycles. The molecular weight excluding hydrogens is 216 g/mol. The average Bonchev–Trinajstić information content (AvgIpc) is 2.40. The molecule has 0 amide bonds. The van der Waals surface area contributed by atoms with Gasteiger partial charge in [0.1, 0.15) is 0 Å². The van der Waals surface area contributed by atoms with Crippen LogP contribution in [0.3, 0.4) is 0 Å². The van der Waals surface area contributed by atoms with Crippen molar-refractivity contribution >= 4 is 0 Å². The van der Waals surface area contributed by atoms with Crippen molar-refractivity contribution in [1.82, 2.24) is 4.98 Å². The highest BCUT2D eigenvalue weighted by Gasteiger charge is 2.40. The molecule has 4 heteroatoms. The molecule has 1 unspecified atom stereocenters. The zero-order valence-corrected chi connectivity index (χ0v) is 10.3. The summed E-state index contributed by atoms with van der Waals surface area (Å²) in [5.41, 5.74) is 7.11. The van der Waals surface area contributed by atoms with E-state index in [0.717, 1.165) is 18.4 Å². The SMILES string of the molecule is CCOC1(C(N)c2cccnc2)CCOCC1. The molecule has 1 aromatic rings. The lowest BCUT2D eigenvalue weighted by molar-refractivity contribution is -0.121. The number of hydrogen-bond acceptors (Lipinski definition) is 4. The van der Waals surface area contributed by atoms with Crippen LogP contribution in [-0.4, -0.2) is 30.4 Å². The minimum atomic E-state index is -0.296. The maximum atomic E-state index is 6.37. The molecule has 1 aromatic heterocycles. The summed E-state index contributed by atoms with van der Waals surface area (Å²) in [4.78, 5) is 4.13. The highest BCUT2D eigenvalue weighted by molar-refractivity contribution is 5.18. The van der Waals surface area contributed by atoms with E-state index in [0.29, 0.717) is 19.8 Å². The number of pyridine rings is 1. The third-order valence-corrected chi connectivity index (χ3v) is 3.38. The zero-order valence-electron chi connectivity index (χ0n) is 10.3. The van der Waals surface area contributed by atoms with E-state index < -0.39 is 0 Å². The van der Waals surface area contributed by atoms with Crippen molar-refractivity contribution in [3.05, 3.63) is 30.1 Å². The van der Waals surface area contributed by atoms with Gasteiger partial charge in [-0.25, -0.2) is 0 Å². The minimum absolute atomic E-state index is 0.139. The summed E-state index contributed by atoms with van der Waals surface area (Å²) in [6.45, 7) is 4.11. The van der Waals surface area contributed by atoms with Crippen molar-refractivity contribution in [1.29, 1.82) is 0 Å². The summed E-state index contributed by atoms with van der Waals surface area (Å²) in [7, 11) is 0. The Balaban J connectivity index is 2.20. The van der Waals surface area contributed by atoms with Crippen LogP contribution in [0.15, 0.2) is 24.5 Å². The third kappa shape index (κ3) is 2.65. The molecule has 0 aliphatic carbocycles. The van der Waals surface area contributed by atoms with E-state index in [1.807, 2.05) is 25.3 Å². The van der Waals surface area contributed by atoms with Gasteiger partial charge >= 0.3 is 0 Å². The lowest BCUT2D eigenvalue weighted by Gasteiger charge is -2.41. The van der Waals surface area contributed by atoms with Crippen molar-refractivity contribution in [2.75, 3.05) is 19.8 Å². The van der Waals surface area contributed by atoms with Crippen LogP contribution in [0.4, 0.5) is 0 Å². The van der Waals surface area contributed by atoms with Gasteiger partial charge in [-0.2, -0.15) is 0 Å². The molecule has 0 bridgehead atoms. The Labute approximate surface area is 102 Å². The summed E-state index contributed by atoms with van der Waals surface area (Å²) in [6.07, 6.45) is 5.27. The molecule has 2 heterocycles. The average molecular weight is 236 g/mol. The Morgan fingerprint density at radius 2 is 2.29 bits per heavy atom. The molecular formula is C13H20N2O2. The van der Waals surface area contributed by atoms with Gasteiger partial charge in [-0.05, 0) is 18.6 Å². The van der Waals surface area contributed by atoms with Gasteiger partial charge in [0.15, 0.2) is 0 Å². The number of nitrogens with two attached hydrogens (primary N) is 1. The highest BCUT2D eigenvalue weighted by Crippen LogP contribution is 2.35. The van der Waals surface area contributed by atoms with Crippen LogP contribution in [0.5, 0.6) is 0 Å². The van der Waals surface area contributed by atoms with E-state index in [2.05, 4.69) is 4.98 Å². The van der Waals surface area contributed by atoms with Gasteiger partial charge in [0.25, 0.3) is 0 Å². The molecule has 17 heavy (non-hydrogen) atoms. The second-order valence-corrected chi connectivity index (χ2v) is 4.37. The fraction of sp³-hybridized carbons (Fsp3) is 0.615. The summed E-state index contributed by atoms with van der Waals surface area (Å²) in [6, 6.07) is 3.78. The Morgan fingerprint density at radius 3 is 2.88 bits per heavy atom. The van der Waals surface area contributed by atoms with Gasteiger partial charge in [0, 0.05) is 45.1 Å². The first-order valence-electron chi connectivity index (χ1n) is 6.16. The van der Waals surface area contributed by atoms with Gasteiger partial charge in [-0.3, -0.25) is 4.98 Å². The van der Waals surface area contributed by atoms with Crippen molar-refractivity contribution in [2.45, 2.75) is 31.4 Å². The number of nitrogens with zero attached hydrogens (tertiary/aromatic N) is 1. The highest BCUT2D eigenvalue weighted by atomic mass is 16.5. The molecule has 0 aromatic carbocycles. The smallest absolute Gasteiger partial charge is 0.0918 e. The molecule has 1 atom stereocenters. The Bertz CT molecular complexity index is 331. The Morgan fingerprint density at radius 1 is 1.53 bits per heavy atom. The Hall–Kier alpha value is -0.970. The number of aromatic nitrogens is 1. The van der Waals surface area contributed by atoms with Crippen LogP contribution in [0.25, 0.3) is 0 Å². The second-order valence-electron chi connectivity index (χ2n) is 4.37. The van der Waals surface area contributed by atoms with E-state index in [1.165, 1.54) is 0 Å². The molecule has 2 N–H and O–H groups in total. The van der Waals surface area contributed by atoms with Crippen LogP contribution < -0.4 is 5.73 Å². The predicted molar refractivity (Wildman–Crippen MR) is 65.6 cm³/mol. The predicted octanol–water partition coefficient (Wildman–Crippen LogP) is 1.67. The number of rotatable bonds is 4. The van der Waals surface area contributed by atoms with Gasteiger partial charge in [-0.15, -0.1) is 0 Å². The van der Waals surface area contributed by atoms with E-state index in [-0.39, 0.29) is 11.6 Å². The molecule has 1 fully saturated rings. The standard InChI is InChI=1S/C13H20N2O2/c1-2-17-13(5-8-16-9-6-13)12(14)11-4-3-7-15-10-11/h3-4,7,10,12H,2,5-6,8-9,14H2,1H3. The molecule has 1 aliphatic heterocycles. The van der Waals surface area contributed by atoms with Crippen molar-refractivity contribution in [3.8, 4) is 0 Å². The number of ether oxygens (including phenoxy) is 2. The maximum Gasteiger partial charge on any atom is 0.0918 e. The van der Waals surface area contributed by atoms with Crippen LogP contribution >= 0.6 is 0 Å². The largest absolute Gasteiger partial charge is 0.381 e. The van der Waals surface area contributed by atoms with E-state index in [9.17, 15) is 0 Å². The zero-order chi connectivity index (χ0) is 12.1. The first-order valence-corrected chi connectivity index (χ1v) is 6.16. The van der Waals surface area contributed by atoms with Crippen molar-refractivity contribution < 1.29 is 9.47 Å². The normalized spacial score (nSPS) is 21.1. The first kappa shape index (κ1) is 12.5. The van der Waals surface area contributed by atoms with E-state index in [1.54, 1.807) is 6.20 Å². The van der Waals surface area contributed by atoms with E-state index >= 15 is 0 Å². The fourth-order valence-corrected chi connectivity index (χ4v) is 2.41. The summed E-state index contributed by atoms with van der Waals surface area (Å²) >= 11 is 0. The lowest BCUT2D eigenvalue weighted by atomic mass is 9.83. The molecule has 0 radical (unpaired) electrons. The van der Waals surface area contributed by atoms with Crippen LogP contribution in [0.1, 0.15) is 31.4 Å². The van der Waals surface area contributed by atoms with Gasteiger partial charge in [-0.1, -0.05) is 6.07 Å². The molecule has 1 aliphatic rings. The Kier molecular flexibility index (Phi) is 4.10. The minimum Gasteiger partial charge on any atom is -0.381 e. The first-order chi connectivity index (χ1) is 8.28. The molecule has 4 nitrogen and oxygen atoms in total. The van der Waals surface area contributed by atoms with Crippen LogP contribution in [0, 0.1) is 0 Å². The summed E-state index contributed by atoms with van der Waals surface area (Å²) in [5.74, 6) is 0. The van der Waals surface area contributed by atoms with E-state index in [4.69, 9.17) is 15.2 Å². The maximum absolute atomic E-state index is 6.37. The van der Waals surface area contributed by atoms with Gasteiger partial charge in [0.2, 0.25) is 0 Å². The van der Waals surface area contributed by atoms with Crippen molar-refractivity contribution in [2.24, 2.45) is 5.73 Å². The second kappa shape index (κ2) is 5.58. The van der Waals surface area contributed by atoms with Gasteiger partial charge < -0.3 is 15.2 Å². The van der Waals surface area contributed by atoms with Gasteiger partial charge in [0.05, 0.1) is 11.6 Å². The molecule has 2 rings (SSSR count). The molecule has 94 valence electrons. The fourth-order valence-electron chi connectivity index (χ4n) is 2.41. The third-order valence-electron chi connectivity index (χ3n) is 3.38. The monoisotopic (exact) mass is 236 g/mol. The topological polar surface area (TPSA) is 57.4 Å². The quantitative estimate of drug-likeness (QED) is 0.864. The summed E-state index contributed by atoms with van der Waals surface area (Å²) < 4.78 is 11.4. The summed E-state index contributed by atoms with van der Waals surface area (Å²) in [5, 5.41) is 0. The van der Waals surface area contributed by atoms with Crippen LogP contribution in [-0.2, 0) is 9.47 Å². The molecule has 0 spiro atoms. The van der Waals surface area contributed by atoms with Crippen LogP contribution in [0.2, 0.25) is 0 Å². The van der Waals surface area contributed by atoms with Crippen molar-refractivity contribution in [3.63, 3.8) is 0 Å². The number of hydrogen-bond donors (Lipinski definition) is 1. The molecule has 0 saturated carbocycles.